The molecule has 1 N–H and O–H groups in total. The van der Waals surface area contributed by atoms with Crippen LogP contribution in [-0.4, -0.2) is 17.6 Å². The molecular formula is C14H24N2O. The second-order valence-corrected chi connectivity index (χ2v) is 5.18. The zero-order valence-electron chi connectivity index (χ0n) is 11.0. The molecule has 1 saturated carbocycles. The van der Waals surface area contributed by atoms with E-state index in [1.807, 2.05) is 6.20 Å². The van der Waals surface area contributed by atoms with Gasteiger partial charge in [0, 0.05) is 18.4 Å². The van der Waals surface area contributed by atoms with E-state index < -0.39 is 0 Å². The summed E-state index contributed by atoms with van der Waals surface area (Å²) in [5, 5.41) is 3.51. The van der Waals surface area contributed by atoms with Gasteiger partial charge in [-0.25, -0.2) is 4.98 Å². The van der Waals surface area contributed by atoms with Crippen LogP contribution < -0.4 is 5.32 Å². The largest absolute Gasteiger partial charge is 0.445 e. The fourth-order valence-electron chi connectivity index (χ4n) is 2.08. The lowest BCUT2D eigenvalue weighted by molar-refractivity contribution is 0.416. The highest BCUT2D eigenvalue weighted by Crippen LogP contribution is 2.21. The summed E-state index contributed by atoms with van der Waals surface area (Å²) in [5.74, 6) is 2.46. The predicted octanol–water partition coefficient (Wildman–Crippen LogP) is 3.26. The number of hydrogen-bond acceptors (Lipinski definition) is 3. The number of nitrogens with one attached hydrogen (secondary N) is 1. The van der Waals surface area contributed by atoms with Crippen molar-refractivity contribution in [2.75, 3.05) is 6.54 Å². The highest BCUT2D eigenvalue weighted by Gasteiger charge is 2.19. The normalized spacial score (nSPS) is 17.3. The van der Waals surface area contributed by atoms with Gasteiger partial charge in [-0.2, -0.15) is 0 Å². The molecule has 1 atom stereocenters. The van der Waals surface area contributed by atoms with Gasteiger partial charge in [-0.1, -0.05) is 20.3 Å². The number of hydrogen-bond donors (Lipinski definition) is 1. The lowest BCUT2D eigenvalue weighted by atomic mass is 10.0. The number of aromatic nitrogens is 1. The van der Waals surface area contributed by atoms with Crippen LogP contribution in [0.1, 0.15) is 63.5 Å². The molecule has 1 unspecified atom stereocenters. The topological polar surface area (TPSA) is 38.1 Å². The summed E-state index contributed by atoms with van der Waals surface area (Å²) in [6, 6.07) is 0.805. The van der Waals surface area contributed by atoms with E-state index >= 15 is 0 Å². The van der Waals surface area contributed by atoms with Gasteiger partial charge in [-0.05, 0) is 32.2 Å². The lowest BCUT2D eigenvalue weighted by Gasteiger charge is -2.04. The second kappa shape index (κ2) is 6.20. The molecule has 3 nitrogen and oxygen atoms in total. The van der Waals surface area contributed by atoms with Crippen LogP contribution in [0, 0.1) is 0 Å². The molecular weight excluding hydrogens is 212 g/mol. The molecule has 0 aliphatic heterocycles. The molecule has 1 aromatic rings. The van der Waals surface area contributed by atoms with Crippen molar-refractivity contribution in [2.24, 2.45) is 0 Å². The van der Waals surface area contributed by atoms with Crippen molar-refractivity contribution in [1.29, 1.82) is 0 Å². The Morgan fingerprint density at radius 1 is 1.53 bits per heavy atom. The molecule has 0 saturated heterocycles. The van der Waals surface area contributed by atoms with Crippen molar-refractivity contribution in [3.8, 4) is 0 Å². The van der Waals surface area contributed by atoms with Gasteiger partial charge in [-0.3, -0.25) is 0 Å². The Labute approximate surface area is 104 Å². The summed E-state index contributed by atoms with van der Waals surface area (Å²) in [5.41, 5.74) is 0. The Balaban J connectivity index is 1.69. The van der Waals surface area contributed by atoms with Crippen LogP contribution in [0.25, 0.3) is 0 Å². The van der Waals surface area contributed by atoms with Crippen molar-refractivity contribution >= 4 is 0 Å². The van der Waals surface area contributed by atoms with Gasteiger partial charge in [0.05, 0.1) is 6.20 Å². The minimum atomic E-state index is 0.505. The van der Waals surface area contributed by atoms with Gasteiger partial charge in [-0.15, -0.1) is 0 Å². The first-order chi connectivity index (χ1) is 8.29. The molecule has 0 aromatic carbocycles. The Bertz CT molecular complexity index is 331. The zero-order chi connectivity index (χ0) is 12.1. The fourth-order valence-corrected chi connectivity index (χ4v) is 2.08. The van der Waals surface area contributed by atoms with Crippen LogP contribution in [0.5, 0.6) is 0 Å². The van der Waals surface area contributed by atoms with Crippen LogP contribution in [0.15, 0.2) is 10.6 Å². The molecule has 17 heavy (non-hydrogen) atoms. The van der Waals surface area contributed by atoms with Crippen LogP contribution in [-0.2, 0) is 6.42 Å². The van der Waals surface area contributed by atoms with Crippen LogP contribution >= 0.6 is 0 Å². The summed E-state index contributed by atoms with van der Waals surface area (Å²) in [7, 11) is 0. The summed E-state index contributed by atoms with van der Waals surface area (Å²) in [6.45, 7) is 5.51. The molecule has 1 aliphatic rings. The molecule has 3 heteroatoms. The van der Waals surface area contributed by atoms with Gasteiger partial charge in [0.25, 0.3) is 0 Å². The first-order valence-corrected chi connectivity index (χ1v) is 6.97. The quantitative estimate of drug-likeness (QED) is 0.704. The van der Waals surface area contributed by atoms with Crippen molar-refractivity contribution in [3.63, 3.8) is 0 Å². The maximum Gasteiger partial charge on any atom is 0.194 e. The summed E-state index contributed by atoms with van der Waals surface area (Å²) < 4.78 is 5.78. The standard InChI is InChI=1S/C14H24N2O/c1-3-5-11(2)13-10-16-14(17-13)6-4-9-15-12-7-8-12/h10-12,15H,3-9H2,1-2H3. The third-order valence-electron chi connectivity index (χ3n) is 3.36. The predicted molar refractivity (Wildman–Crippen MR) is 69.2 cm³/mol. The minimum Gasteiger partial charge on any atom is -0.445 e. The SMILES string of the molecule is CCCC(C)c1cnc(CCCNC2CC2)o1. The molecule has 96 valence electrons. The zero-order valence-corrected chi connectivity index (χ0v) is 11.0. The molecule has 1 fully saturated rings. The Kier molecular flexibility index (Phi) is 4.60. The number of oxazole rings is 1. The monoisotopic (exact) mass is 236 g/mol. The van der Waals surface area contributed by atoms with E-state index in [1.165, 1.54) is 25.7 Å². The summed E-state index contributed by atoms with van der Waals surface area (Å²) in [4.78, 5) is 4.36. The Morgan fingerprint density at radius 2 is 2.35 bits per heavy atom. The first-order valence-electron chi connectivity index (χ1n) is 6.97. The van der Waals surface area contributed by atoms with Crippen LogP contribution in [0.4, 0.5) is 0 Å². The Hall–Kier alpha value is -0.830. The molecule has 0 bridgehead atoms. The van der Waals surface area contributed by atoms with Gasteiger partial charge in [0.1, 0.15) is 5.76 Å². The molecule has 1 heterocycles. The van der Waals surface area contributed by atoms with Crippen molar-refractivity contribution in [2.45, 2.75) is 64.3 Å². The first kappa shape index (κ1) is 12.6. The minimum absolute atomic E-state index is 0.505. The average molecular weight is 236 g/mol. The van der Waals surface area contributed by atoms with Crippen molar-refractivity contribution in [1.82, 2.24) is 10.3 Å². The van der Waals surface area contributed by atoms with E-state index in [0.29, 0.717) is 5.92 Å². The molecule has 2 rings (SSSR count). The molecule has 0 amide bonds. The Morgan fingerprint density at radius 3 is 3.06 bits per heavy atom. The maximum atomic E-state index is 5.78. The van der Waals surface area contributed by atoms with E-state index in [9.17, 15) is 0 Å². The third-order valence-corrected chi connectivity index (χ3v) is 3.36. The van der Waals surface area contributed by atoms with Gasteiger partial charge in [0.15, 0.2) is 5.89 Å². The van der Waals surface area contributed by atoms with E-state index in [2.05, 4.69) is 24.1 Å². The number of aryl methyl sites for hydroxylation is 1. The molecule has 1 aromatic heterocycles. The molecule has 0 radical (unpaired) electrons. The van der Waals surface area contributed by atoms with Crippen molar-refractivity contribution < 1.29 is 4.42 Å². The van der Waals surface area contributed by atoms with Gasteiger partial charge in [0.2, 0.25) is 0 Å². The van der Waals surface area contributed by atoms with Gasteiger partial charge >= 0.3 is 0 Å². The summed E-state index contributed by atoms with van der Waals surface area (Å²) in [6.07, 6.45) is 9.08. The highest BCUT2D eigenvalue weighted by molar-refractivity contribution is 5.00. The molecule has 1 aliphatic carbocycles. The van der Waals surface area contributed by atoms with Crippen molar-refractivity contribution in [3.05, 3.63) is 17.8 Å². The molecule has 0 spiro atoms. The average Bonchev–Trinajstić information content (AvgIpc) is 3.02. The number of nitrogens with zero attached hydrogens (tertiary/aromatic N) is 1. The third kappa shape index (κ3) is 4.15. The van der Waals surface area contributed by atoms with Crippen LogP contribution in [0.2, 0.25) is 0 Å². The second-order valence-electron chi connectivity index (χ2n) is 5.18. The number of rotatable bonds is 8. The van der Waals surface area contributed by atoms with Gasteiger partial charge < -0.3 is 9.73 Å². The smallest absolute Gasteiger partial charge is 0.194 e. The van der Waals surface area contributed by atoms with E-state index in [0.717, 1.165) is 37.1 Å². The summed E-state index contributed by atoms with van der Waals surface area (Å²) >= 11 is 0. The van der Waals surface area contributed by atoms with E-state index in [-0.39, 0.29) is 0 Å². The fraction of sp³-hybridized carbons (Fsp3) is 0.786. The lowest BCUT2D eigenvalue weighted by Crippen LogP contribution is -2.17. The van der Waals surface area contributed by atoms with E-state index in [4.69, 9.17) is 4.42 Å². The van der Waals surface area contributed by atoms with Crippen LogP contribution in [0.3, 0.4) is 0 Å². The maximum absolute atomic E-state index is 5.78. The van der Waals surface area contributed by atoms with E-state index in [1.54, 1.807) is 0 Å². The highest BCUT2D eigenvalue weighted by atomic mass is 16.4.